The van der Waals surface area contributed by atoms with Gasteiger partial charge in [0.2, 0.25) is 0 Å². The molecule has 0 unspecified atom stereocenters. The van der Waals surface area contributed by atoms with Gasteiger partial charge in [-0.1, -0.05) is 29.8 Å². The Morgan fingerprint density at radius 2 is 1.88 bits per heavy atom. The molecule has 1 saturated heterocycles. The largest absolute Gasteiger partial charge is 0.379 e. The van der Waals surface area contributed by atoms with Crippen LogP contribution in [0, 0.1) is 6.92 Å². The molecule has 17 heavy (non-hydrogen) atoms. The van der Waals surface area contributed by atoms with Crippen LogP contribution in [0.4, 0.5) is 0 Å². The maximum absolute atomic E-state index is 11.9. The quantitative estimate of drug-likeness (QED) is 0.744. The van der Waals surface area contributed by atoms with Gasteiger partial charge in [-0.2, -0.15) is 0 Å². The van der Waals surface area contributed by atoms with Crippen LogP contribution in [-0.4, -0.2) is 43.5 Å². The smallest absolute Gasteiger partial charge is 0.164 e. The number of hydrogen-bond donors (Lipinski definition) is 0. The number of carbonyl (C=O) groups excluding carboxylic acids is 1. The van der Waals surface area contributed by atoms with Gasteiger partial charge in [0, 0.05) is 31.6 Å². The molecule has 0 aromatic heterocycles. The first-order valence-electron chi connectivity index (χ1n) is 6.16. The van der Waals surface area contributed by atoms with Gasteiger partial charge in [0.25, 0.3) is 0 Å². The summed E-state index contributed by atoms with van der Waals surface area (Å²) in [5.74, 6) is 0.233. The van der Waals surface area contributed by atoms with Crippen LogP contribution in [-0.2, 0) is 4.74 Å². The van der Waals surface area contributed by atoms with Crippen LogP contribution < -0.4 is 0 Å². The topological polar surface area (TPSA) is 29.5 Å². The zero-order valence-electron chi connectivity index (χ0n) is 10.3. The first kappa shape index (κ1) is 12.3. The molecular weight excluding hydrogens is 214 g/mol. The van der Waals surface area contributed by atoms with Crippen molar-refractivity contribution in [1.29, 1.82) is 0 Å². The van der Waals surface area contributed by atoms with Crippen LogP contribution in [0.15, 0.2) is 24.3 Å². The van der Waals surface area contributed by atoms with Crippen molar-refractivity contribution in [3.63, 3.8) is 0 Å². The summed E-state index contributed by atoms with van der Waals surface area (Å²) in [6.07, 6.45) is 0.600. The normalized spacial score (nSPS) is 17.0. The number of carbonyl (C=O) groups is 1. The van der Waals surface area contributed by atoms with Crippen molar-refractivity contribution in [2.45, 2.75) is 13.3 Å². The van der Waals surface area contributed by atoms with Gasteiger partial charge in [0.05, 0.1) is 13.2 Å². The lowest BCUT2D eigenvalue weighted by atomic mass is 10.1. The fourth-order valence-corrected chi connectivity index (χ4v) is 1.97. The summed E-state index contributed by atoms with van der Waals surface area (Å²) < 4.78 is 5.28. The molecule has 1 aromatic carbocycles. The zero-order chi connectivity index (χ0) is 12.1. The summed E-state index contributed by atoms with van der Waals surface area (Å²) in [6, 6.07) is 7.80. The number of ketones is 1. The molecule has 1 fully saturated rings. The Hall–Kier alpha value is -1.19. The van der Waals surface area contributed by atoms with E-state index in [1.807, 2.05) is 31.2 Å². The molecule has 0 amide bonds. The van der Waals surface area contributed by atoms with Gasteiger partial charge in [0.15, 0.2) is 5.78 Å². The van der Waals surface area contributed by atoms with E-state index in [1.165, 1.54) is 5.56 Å². The monoisotopic (exact) mass is 233 g/mol. The molecule has 0 aliphatic carbocycles. The van der Waals surface area contributed by atoms with Crippen LogP contribution in [0.2, 0.25) is 0 Å². The molecular formula is C14H19NO2. The average Bonchev–Trinajstić information content (AvgIpc) is 2.38. The second-order valence-corrected chi connectivity index (χ2v) is 4.49. The Morgan fingerprint density at radius 1 is 1.24 bits per heavy atom. The van der Waals surface area contributed by atoms with Gasteiger partial charge in [-0.15, -0.1) is 0 Å². The first-order valence-corrected chi connectivity index (χ1v) is 6.16. The maximum atomic E-state index is 11.9. The van der Waals surface area contributed by atoms with Gasteiger partial charge < -0.3 is 4.74 Å². The Kier molecular flexibility index (Phi) is 4.29. The van der Waals surface area contributed by atoms with E-state index in [0.29, 0.717) is 6.42 Å². The van der Waals surface area contributed by atoms with Gasteiger partial charge in [-0.05, 0) is 6.92 Å². The molecule has 2 rings (SSSR count). The summed E-state index contributed by atoms with van der Waals surface area (Å²) in [5, 5.41) is 0. The predicted octanol–water partition coefficient (Wildman–Crippen LogP) is 1.90. The molecule has 0 radical (unpaired) electrons. The van der Waals surface area contributed by atoms with Crippen LogP contribution in [0.5, 0.6) is 0 Å². The van der Waals surface area contributed by atoms with Crippen molar-refractivity contribution in [2.24, 2.45) is 0 Å². The number of rotatable bonds is 4. The van der Waals surface area contributed by atoms with Crippen molar-refractivity contribution in [1.82, 2.24) is 4.90 Å². The molecule has 0 spiro atoms. The Labute approximate surface area is 102 Å². The van der Waals surface area contributed by atoms with E-state index in [-0.39, 0.29) is 5.78 Å². The van der Waals surface area contributed by atoms with E-state index in [0.717, 1.165) is 38.4 Å². The van der Waals surface area contributed by atoms with Crippen LogP contribution in [0.25, 0.3) is 0 Å². The van der Waals surface area contributed by atoms with Gasteiger partial charge in [0.1, 0.15) is 0 Å². The molecule has 92 valence electrons. The third-order valence-corrected chi connectivity index (χ3v) is 3.13. The van der Waals surface area contributed by atoms with E-state index < -0.39 is 0 Å². The molecule has 3 heteroatoms. The van der Waals surface area contributed by atoms with Crippen LogP contribution >= 0.6 is 0 Å². The van der Waals surface area contributed by atoms with Gasteiger partial charge in [-0.25, -0.2) is 0 Å². The summed E-state index contributed by atoms with van der Waals surface area (Å²) in [5.41, 5.74) is 2.01. The first-order chi connectivity index (χ1) is 8.25. The number of ether oxygens (including phenoxy) is 1. The molecule has 1 aromatic rings. The van der Waals surface area contributed by atoms with E-state index in [1.54, 1.807) is 0 Å². The fourth-order valence-electron chi connectivity index (χ4n) is 1.97. The minimum absolute atomic E-state index is 0.233. The molecule has 0 atom stereocenters. The highest BCUT2D eigenvalue weighted by atomic mass is 16.5. The SMILES string of the molecule is Cc1ccc(C(=O)CCN2CCOCC2)cc1. The van der Waals surface area contributed by atoms with Crippen molar-refractivity contribution in [2.75, 3.05) is 32.8 Å². The standard InChI is InChI=1S/C14H19NO2/c1-12-2-4-13(5-3-12)14(16)6-7-15-8-10-17-11-9-15/h2-5H,6-11H2,1H3. The molecule has 1 heterocycles. The second kappa shape index (κ2) is 5.94. The molecule has 0 saturated carbocycles. The highest BCUT2D eigenvalue weighted by molar-refractivity contribution is 5.96. The Balaban J connectivity index is 1.82. The predicted molar refractivity (Wildman–Crippen MR) is 67.4 cm³/mol. The highest BCUT2D eigenvalue weighted by Crippen LogP contribution is 2.07. The number of benzene rings is 1. The number of nitrogens with zero attached hydrogens (tertiary/aromatic N) is 1. The third kappa shape index (κ3) is 3.65. The van der Waals surface area contributed by atoms with Crippen LogP contribution in [0.3, 0.4) is 0 Å². The lowest BCUT2D eigenvalue weighted by molar-refractivity contribution is 0.0370. The van der Waals surface area contributed by atoms with Gasteiger partial charge >= 0.3 is 0 Å². The third-order valence-electron chi connectivity index (χ3n) is 3.13. The minimum Gasteiger partial charge on any atom is -0.379 e. The Morgan fingerprint density at radius 3 is 2.53 bits per heavy atom. The summed E-state index contributed by atoms with van der Waals surface area (Å²) >= 11 is 0. The molecule has 1 aliphatic heterocycles. The molecule has 1 aliphatic rings. The molecule has 0 bridgehead atoms. The number of aryl methyl sites for hydroxylation is 1. The maximum Gasteiger partial charge on any atom is 0.164 e. The summed E-state index contributed by atoms with van der Waals surface area (Å²) in [7, 11) is 0. The Bertz CT molecular complexity index is 366. The van der Waals surface area contributed by atoms with Crippen molar-refractivity contribution in [3.05, 3.63) is 35.4 Å². The van der Waals surface area contributed by atoms with E-state index in [2.05, 4.69) is 4.90 Å². The molecule has 0 N–H and O–H groups in total. The lowest BCUT2D eigenvalue weighted by Crippen LogP contribution is -2.37. The minimum atomic E-state index is 0.233. The van der Waals surface area contributed by atoms with Crippen molar-refractivity contribution >= 4 is 5.78 Å². The number of morpholine rings is 1. The summed E-state index contributed by atoms with van der Waals surface area (Å²) in [4.78, 5) is 14.2. The lowest BCUT2D eigenvalue weighted by Gasteiger charge is -2.26. The fraction of sp³-hybridized carbons (Fsp3) is 0.500. The van der Waals surface area contributed by atoms with Crippen molar-refractivity contribution in [3.8, 4) is 0 Å². The second-order valence-electron chi connectivity index (χ2n) is 4.49. The van der Waals surface area contributed by atoms with E-state index >= 15 is 0 Å². The zero-order valence-corrected chi connectivity index (χ0v) is 10.3. The van der Waals surface area contributed by atoms with Crippen LogP contribution in [0.1, 0.15) is 22.3 Å². The summed E-state index contributed by atoms with van der Waals surface area (Å²) in [6.45, 7) is 6.35. The average molecular weight is 233 g/mol. The van der Waals surface area contributed by atoms with E-state index in [4.69, 9.17) is 4.74 Å². The van der Waals surface area contributed by atoms with Gasteiger partial charge in [-0.3, -0.25) is 9.69 Å². The number of Topliss-reactive ketones (excluding diaryl/α,β-unsaturated/α-hetero) is 1. The number of hydrogen-bond acceptors (Lipinski definition) is 3. The molecule has 3 nitrogen and oxygen atoms in total. The highest BCUT2D eigenvalue weighted by Gasteiger charge is 2.12. The van der Waals surface area contributed by atoms with E-state index in [9.17, 15) is 4.79 Å². The van der Waals surface area contributed by atoms with Crippen molar-refractivity contribution < 1.29 is 9.53 Å².